The molecular formula is C20H19F2NO4. The van der Waals surface area contributed by atoms with Crippen LogP contribution in [0.25, 0.3) is 0 Å². The molecule has 0 fully saturated rings. The summed E-state index contributed by atoms with van der Waals surface area (Å²) in [5.74, 6) is -1.34. The fourth-order valence-electron chi connectivity index (χ4n) is 2.77. The lowest BCUT2D eigenvalue weighted by Crippen LogP contribution is -2.27. The Morgan fingerprint density at radius 3 is 2.48 bits per heavy atom. The minimum atomic E-state index is -0.970. The maximum Gasteiger partial charge on any atom is 0.220 e. The second kappa shape index (κ2) is 8.16. The average Bonchev–Trinajstić information content (AvgIpc) is 2.67. The first-order valence-electron chi connectivity index (χ1n) is 8.61. The second-order valence-corrected chi connectivity index (χ2v) is 6.24. The third-order valence-corrected chi connectivity index (χ3v) is 4.26. The summed E-state index contributed by atoms with van der Waals surface area (Å²) >= 11 is 0. The average molecular weight is 375 g/mol. The van der Waals surface area contributed by atoms with Gasteiger partial charge in [0.2, 0.25) is 5.91 Å². The predicted octanol–water partition coefficient (Wildman–Crippen LogP) is 3.58. The van der Waals surface area contributed by atoms with E-state index in [1.807, 2.05) is 0 Å². The summed E-state index contributed by atoms with van der Waals surface area (Å²) in [5, 5.41) is 2.67. The number of hydrogen-bond acceptors (Lipinski definition) is 4. The van der Waals surface area contributed by atoms with Crippen molar-refractivity contribution in [1.82, 2.24) is 5.32 Å². The summed E-state index contributed by atoms with van der Waals surface area (Å²) in [7, 11) is 0. The Balaban J connectivity index is 1.54. The van der Waals surface area contributed by atoms with E-state index in [2.05, 4.69) is 5.32 Å². The first kappa shape index (κ1) is 18.8. The quantitative estimate of drug-likeness (QED) is 0.784. The van der Waals surface area contributed by atoms with Crippen molar-refractivity contribution in [1.29, 1.82) is 0 Å². The van der Waals surface area contributed by atoms with Crippen LogP contribution in [0.1, 0.15) is 41.7 Å². The van der Waals surface area contributed by atoms with Crippen LogP contribution in [0.5, 0.6) is 11.5 Å². The Labute approximate surface area is 155 Å². The van der Waals surface area contributed by atoms with Gasteiger partial charge >= 0.3 is 0 Å². The zero-order chi connectivity index (χ0) is 19.4. The highest BCUT2D eigenvalue weighted by Gasteiger charge is 2.17. The highest BCUT2D eigenvalue weighted by Crippen LogP contribution is 2.31. The number of rotatable bonds is 6. The van der Waals surface area contributed by atoms with Crippen LogP contribution in [0, 0.1) is 11.6 Å². The Hall–Kier alpha value is -2.96. The molecule has 0 saturated heterocycles. The molecule has 2 aromatic carbocycles. The first-order chi connectivity index (χ1) is 12.9. The van der Waals surface area contributed by atoms with E-state index in [1.165, 1.54) is 6.07 Å². The molecule has 0 radical (unpaired) electrons. The molecule has 142 valence electrons. The summed E-state index contributed by atoms with van der Waals surface area (Å²) < 4.78 is 37.1. The Morgan fingerprint density at radius 2 is 1.74 bits per heavy atom. The lowest BCUT2D eigenvalue weighted by Gasteiger charge is -2.18. The number of nitrogens with one attached hydrogen (secondary N) is 1. The van der Waals surface area contributed by atoms with Crippen molar-refractivity contribution >= 4 is 11.7 Å². The van der Waals surface area contributed by atoms with Crippen molar-refractivity contribution in [3.8, 4) is 11.5 Å². The fourth-order valence-corrected chi connectivity index (χ4v) is 2.77. The largest absolute Gasteiger partial charge is 0.486 e. The summed E-state index contributed by atoms with van der Waals surface area (Å²) in [4.78, 5) is 24.4. The molecule has 1 unspecified atom stereocenters. The number of carbonyl (C=O) groups excluding carboxylic acids is 2. The van der Waals surface area contributed by atoms with Crippen LogP contribution in [0.2, 0.25) is 0 Å². The van der Waals surface area contributed by atoms with Gasteiger partial charge in [0.25, 0.3) is 0 Å². The van der Waals surface area contributed by atoms with Crippen LogP contribution in [-0.4, -0.2) is 24.9 Å². The number of benzene rings is 2. The molecule has 1 heterocycles. The van der Waals surface area contributed by atoms with E-state index in [1.54, 1.807) is 25.1 Å². The van der Waals surface area contributed by atoms with E-state index in [4.69, 9.17) is 9.47 Å². The molecule has 0 aliphatic carbocycles. The molecule has 1 aliphatic rings. The number of fused-ring (bicyclic) bond motifs is 1. The fraction of sp³-hybridized carbons (Fsp3) is 0.300. The van der Waals surface area contributed by atoms with E-state index >= 15 is 0 Å². The van der Waals surface area contributed by atoms with Crippen molar-refractivity contribution < 1.29 is 27.8 Å². The maximum absolute atomic E-state index is 13.3. The molecule has 1 amide bonds. The van der Waals surface area contributed by atoms with Crippen molar-refractivity contribution in [3.63, 3.8) is 0 Å². The monoisotopic (exact) mass is 375 g/mol. The van der Waals surface area contributed by atoms with Gasteiger partial charge in [0.15, 0.2) is 28.9 Å². The van der Waals surface area contributed by atoms with Crippen molar-refractivity contribution in [3.05, 3.63) is 59.2 Å². The minimum Gasteiger partial charge on any atom is -0.486 e. The molecule has 3 rings (SSSR count). The molecule has 0 spiro atoms. The lowest BCUT2D eigenvalue weighted by molar-refractivity contribution is -0.121. The highest BCUT2D eigenvalue weighted by atomic mass is 19.2. The first-order valence-corrected chi connectivity index (χ1v) is 8.61. The van der Waals surface area contributed by atoms with Gasteiger partial charge in [0, 0.05) is 18.4 Å². The third-order valence-electron chi connectivity index (χ3n) is 4.26. The molecule has 2 aromatic rings. The highest BCUT2D eigenvalue weighted by molar-refractivity contribution is 5.98. The van der Waals surface area contributed by atoms with Gasteiger partial charge in [0.1, 0.15) is 13.2 Å². The second-order valence-electron chi connectivity index (χ2n) is 6.24. The molecule has 1 atom stereocenters. The van der Waals surface area contributed by atoms with E-state index in [0.29, 0.717) is 35.8 Å². The van der Waals surface area contributed by atoms with Crippen LogP contribution >= 0.6 is 0 Å². The summed E-state index contributed by atoms with van der Waals surface area (Å²) in [6.45, 7) is 2.55. The zero-order valence-corrected chi connectivity index (χ0v) is 14.8. The summed E-state index contributed by atoms with van der Waals surface area (Å²) in [6.07, 6.45) is 0.0112. The van der Waals surface area contributed by atoms with Gasteiger partial charge in [0.05, 0.1) is 6.04 Å². The topological polar surface area (TPSA) is 64.6 Å². The van der Waals surface area contributed by atoms with Gasteiger partial charge < -0.3 is 14.8 Å². The molecule has 0 aromatic heterocycles. The number of halogens is 2. The van der Waals surface area contributed by atoms with Gasteiger partial charge in [-0.3, -0.25) is 9.59 Å². The molecule has 1 aliphatic heterocycles. The number of carbonyl (C=O) groups is 2. The van der Waals surface area contributed by atoms with E-state index < -0.39 is 17.7 Å². The van der Waals surface area contributed by atoms with E-state index in [-0.39, 0.29) is 24.5 Å². The molecular weight excluding hydrogens is 356 g/mol. The van der Waals surface area contributed by atoms with Crippen LogP contribution < -0.4 is 14.8 Å². The van der Waals surface area contributed by atoms with Crippen LogP contribution in [0.3, 0.4) is 0 Å². The molecule has 0 bridgehead atoms. The molecule has 7 heteroatoms. The molecule has 27 heavy (non-hydrogen) atoms. The number of Topliss-reactive ketones (excluding diaryl/α,β-unsaturated/α-hetero) is 1. The molecule has 1 N–H and O–H groups in total. The maximum atomic E-state index is 13.3. The number of amides is 1. The van der Waals surface area contributed by atoms with E-state index in [9.17, 15) is 18.4 Å². The predicted molar refractivity (Wildman–Crippen MR) is 93.9 cm³/mol. The van der Waals surface area contributed by atoms with Crippen LogP contribution in [0.4, 0.5) is 8.78 Å². The Morgan fingerprint density at radius 1 is 1.00 bits per heavy atom. The number of ether oxygens (including phenoxy) is 2. The van der Waals surface area contributed by atoms with E-state index in [0.717, 1.165) is 12.1 Å². The van der Waals surface area contributed by atoms with Gasteiger partial charge in [-0.05, 0) is 42.8 Å². The van der Waals surface area contributed by atoms with Crippen molar-refractivity contribution in [2.45, 2.75) is 25.8 Å². The van der Waals surface area contributed by atoms with Gasteiger partial charge in [-0.1, -0.05) is 6.07 Å². The normalized spacial score (nSPS) is 13.7. The van der Waals surface area contributed by atoms with Crippen LogP contribution in [-0.2, 0) is 4.79 Å². The third kappa shape index (κ3) is 4.61. The number of hydrogen-bond donors (Lipinski definition) is 1. The Kier molecular flexibility index (Phi) is 5.69. The summed E-state index contributed by atoms with van der Waals surface area (Å²) in [5.41, 5.74) is 0.890. The standard InChI is InChI=1S/C20H19F2NO4/c1-12(13-2-4-15(21)16(22)10-13)23-20(25)7-5-17(24)14-3-6-18-19(11-14)27-9-8-26-18/h2-4,6,10-12H,5,7-9H2,1H3,(H,23,25). The van der Waals surface area contributed by atoms with Gasteiger partial charge in [-0.25, -0.2) is 8.78 Å². The number of ketones is 1. The Bertz CT molecular complexity index is 869. The van der Waals surface area contributed by atoms with Gasteiger partial charge in [-0.2, -0.15) is 0 Å². The van der Waals surface area contributed by atoms with Gasteiger partial charge in [-0.15, -0.1) is 0 Å². The van der Waals surface area contributed by atoms with Crippen LogP contribution in [0.15, 0.2) is 36.4 Å². The smallest absolute Gasteiger partial charge is 0.220 e. The summed E-state index contributed by atoms with van der Waals surface area (Å²) in [6, 6.07) is 7.88. The van der Waals surface area contributed by atoms with Crippen molar-refractivity contribution in [2.24, 2.45) is 0 Å². The zero-order valence-electron chi connectivity index (χ0n) is 14.8. The minimum absolute atomic E-state index is 0.0126. The lowest BCUT2D eigenvalue weighted by atomic mass is 10.0. The SMILES string of the molecule is CC(NC(=O)CCC(=O)c1ccc2c(c1)OCCO2)c1ccc(F)c(F)c1. The van der Waals surface area contributed by atoms with Crippen molar-refractivity contribution in [2.75, 3.05) is 13.2 Å². The molecule has 5 nitrogen and oxygen atoms in total. The molecule has 0 saturated carbocycles.